The average Bonchev–Trinajstić information content (AvgIpc) is 2.35. The van der Waals surface area contributed by atoms with Crippen LogP contribution in [0.1, 0.15) is 19.7 Å². The zero-order chi connectivity index (χ0) is 9.35. The molecule has 0 aliphatic heterocycles. The number of hydrogen-bond donors (Lipinski definition) is 0. The lowest BCUT2D eigenvalue weighted by atomic mass is 10.1. The normalized spacial score (nSPS) is 12.5. The highest BCUT2D eigenvalue weighted by atomic mass is 19.3. The van der Waals surface area contributed by atoms with Gasteiger partial charge in [-0.25, -0.2) is 4.68 Å². The van der Waals surface area contributed by atoms with Crippen LogP contribution in [0.15, 0.2) is 0 Å². The number of nitrogens with zero attached hydrogens (tertiary/aromatic N) is 4. The van der Waals surface area contributed by atoms with Crippen LogP contribution in [0.4, 0.5) is 8.78 Å². The van der Waals surface area contributed by atoms with E-state index in [1.165, 1.54) is 20.9 Å². The zero-order valence-electron chi connectivity index (χ0n) is 7.12. The lowest BCUT2D eigenvalue weighted by Crippen LogP contribution is -2.25. The van der Waals surface area contributed by atoms with E-state index < -0.39 is 17.7 Å². The molecule has 0 unspecified atom stereocenters. The molecule has 0 aliphatic rings. The Hall–Kier alpha value is -1.07. The average molecular weight is 176 g/mol. The van der Waals surface area contributed by atoms with Crippen molar-refractivity contribution >= 4 is 0 Å². The standard InChI is InChI=1S/C6H10F2N4/c1-4(2)6(7,8)5-9-10-11-12(5)3/h4H,1-3H3. The quantitative estimate of drug-likeness (QED) is 0.674. The van der Waals surface area contributed by atoms with Crippen LogP contribution in [-0.2, 0) is 13.0 Å². The second-order valence-corrected chi connectivity index (χ2v) is 2.90. The Morgan fingerprint density at radius 2 is 2.00 bits per heavy atom. The molecule has 0 bridgehead atoms. The summed E-state index contributed by atoms with van der Waals surface area (Å²) < 4.78 is 27.4. The van der Waals surface area contributed by atoms with Crippen LogP contribution in [-0.4, -0.2) is 20.2 Å². The maximum Gasteiger partial charge on any atom is 0.310 e. The Bertz CT molecular complexity index is 268. The van der Waals surface area contributed by atoms with Gasteiger partial charge in [-0.05, 0) is 10.4 Å². The molecule has 0 aromatic carbocycles. The molecule has 0 atom stereocenters. The third-order valence-electron chi connectivity index (χ3n) is 1.64. The summed E-state index contributed by atoms with van der Waals surface area (Å²) in [5.74, 6) is -4.15. The molecule has 1 heterocycles. The van der Waals surface area contributed by atoms with E-state index in [0.717, 1.165) is 4.68 Å². The fraction of sp³-hybridized carbons (Fsp3) is 0.833. The summed E-state index contributed by atoms with van der Waals surface area (Å²) in [6, 6.07) is 0. The van der Waals surface area contributed by atoms with Gasteiger partial charge in [0.1, 0.15) is 0 Å². The molecule has 0 fully saturated rings. The van der Waals surface area contributed by atoms with Crippen LogP contribution < -0.4 is 0 Å². The molecule has 0 saturated carbocycles. The van der Waals surface area contributed by atoms with E-state index in [2.05, 4.69) is 15.5 Å². The van der Waals surface area contributed by atoms with Crippen molar-refractivity contribution in [3.8, 4) is 0 Å². The van der Waals surface area contributed by atoms with E-state index in [1.54, 1.807) is 0 Å². The van der Waals surface area contributed by atoms with Crippen molar-refractivity contribution in [3.05, 3.63) is 5.82 Å². The predicted molar refractivity (Wildman–Crippen MR) is 37.5 cm³/mol. The van der Waals surface area contributed by atoms with Crippen molar-refractivity contribution in [2.24, 2.45) is 13.0 Å². The number of aryl methyl sites for hydroxylation is 1. The minimum Gasteiger partial charge on any atom is -0.227 e. The van der Waals surface area contributed by atoms with Crippen molar-refractivity contribution in [1.29, 1.82) is 0 Å². The monoisotopic (exact) mass is 176 g/mol. The lowest BCUT2D eigenvalue weighted by molar-refractivity contribution is -0.0629. The van der Waals surface area contributed by atoms with Gasteiger partial charge in [0.2, 0.25) is 5.82 Å². The fourth-order valence-electron chi connectivity index (χ4n) is 0.770. The summed E-state index contributed by atoms with van der Waals surface area (Å²) in [6.07, 6.45) is 0. The lowest BCUT2D eigenvalue weighted by Gasteiger charge is -2.17. The van der Waals surface area contributed by atoms with Gasteiger partial charge in [-0.15, -0.1) is 5.10 Å². The van der Waals surface area contributed by atoms with E-state index in [9.17, 15) is 8.78 Å². The minimum atomic E-state index is -2.96. The number of hydrogen-bond acceptors (Lipinski definition) is 3. The third kappa shape index (κ3) is 1.28. The summed E-state index contributed by atoms with van der Waals surface area (Å²) in [7, 11) is 1.39. The van der Waals surface area contributed by atoms with Gasteiger partial charge in [0.15, 0.2) is 0 Å². The maximum atomic E-state index is 13.2. The largest absolute Gasteiger partial charge is 0.310 e. The second kappa shape index (κ2) is 2.76. The van der Waals surface area contributed by atoms with Crippen molar-refractivity contribution in [3.63, 3.8) is 0 Å². The molecule has 1 rings (SSSR count). The molecule has 0 N–H and O–H groups in total. The van der Waals surface area contributed by atoms with Crippen LogP contribution >= 0.6 is 0 Å². The molecule has 12 heavy (non-hydrogen) atoms. The highest BCUT2D eigenvalue weighted by Gasteiger charge is 2.40. The Morgan fingerprint density at radius 1 is 1.42 bits per heavy atom. The Balaban J connectivity index is 3.05. The number of halogens is 2. The van der Waals surface area contributed by atoms with Gasteiger partial charge in [0.05, 0.1) is 0 Å². The zero-order valence-corrected chi connectivity index (χ0v) is 7.12. The molecule has 0 radical (unpaired) electrons. The summed E-state index contributed by atoms with van der Waals surface area (Å²) >= 11 is 0. The van der Waals surface area contributed by atoms with Crippen LogP contribution in [0, 0.1) is 5.92 Å². The Labute approximate surface area is 68.6 Å². The maximum absolute atomic E-state index is 13.2. The highest BCUT2D eigenvalue weighted by molar-refractivity contribution is 4.94. The van der Waals surface area contributed by atoms with Crippen molar-refractivity contribution in [2.45, 2.75) is 19.8 Å². The topological polar surface area (TPSA) is 43.6 Å². The van der Waals surface area contributed by atoms with Gasteiger partial charge in [-0.1, -0.05) is 13.8 Å². The van der Waals surface area contributed by atoms with E-state index >= 15 is 0 Å². The summed E-state index contributed by atoms with van der Waals surface area (Å²) in [5, 5.41) is 9.75. The predicted octanol–water partition coefficient (Wildman–Crippen LogP) is 0.958. The van der Waals surface area contributed by atoms with Gasteiger partial charge >= 0.3 is 5.92 Å². The number of tetrazole rings is 1. The van der Waals surface area contributed by atoms with Gasteiger partial charge < -0.3 is 0 Å². The van der Waals surface area contributed by atoms with Crippen molar-refractivity contribution < 1.29 is 8.78 Å². The summed E-state index contributed by atoms with van der Waals surface area (Å²) in [4.78, 5) is 0. The van der Waals surface area contributed by atoms with Crippen molar-refractivity contribution in [1.82, 2.24) is 20.2 Å². The molecule has 68 valence electrons. The van der Waals surface area contributed by atoms with E-state index in [-0.39, 0.29) is 0 Å². The number of alkyl halides is 2. The third-order valence-corrected chi connectivity index (χ3v) is 1.64. The Morgan fingerprint density at radius 3 is 2.33 bits per heavy atom. The first kappa shape index (κ1) is 9.02. The minimum absolute atomic E-state index is 0.391. The fourth-order valence-corrected chi connectivity index (χ4v) is 0.770. The smallest absolute Gasteiger partial charge is 0.227 e. The molecule has 6 heteroatoms. The summed E-state index contributed by atoms with van der Waals surface area (Å²) in [5.41, 5.74) is 0. The first-order chi connectivity index (χ1) is 5.46. The summed E-state index contributed by atoms with van der Waals surface area (Å²) in [6.45, 7) is 2.85. The molecule has 0 spiro atoms. The molecule has 1 aromatic rings. The number of rotatable bonds is 2. The molecular weight excluding hydrogens is 166 g/mol. The van der Waals surface area contributed by atoms with Crippen LogP contribution in [0.2, 0.25) is 0 Å². The molecule has 0 saturated heterocycles. The van der Waals surface area contributed by atoms with Crippen LogP contribution in [0.25, 0.3) is 0 Å². The van der Waals surface area contributed by atoms with Gasteiger partial charge in [-0.3, -0.25) is 0 Å². The van der Waals surface area contributed by atoms with Crippen LogP contribution in [0.5, 0.6) is 0 Å². The van der Waals surface area contributed by atoms with E-state index in [4.69, 9.17) is 0 Å². The van der Waals surface area contributed by atoms with Crippen molar-refractivity contribution in [2.75, 3.05) is 0 Å². The second-order valence-electron chi connectivity index (χ2n) is 2.90. The first-order valence-corrected chi connectivity index (χ1v) is 3.57. The van der Waals surface area contributed by atoms with Gasteiger partial charge in [-0.2, -0.15) is 8.78 Å². The Kier molecular flexibility index (Phi) is 2.08. The molecule has 1 aromatic heterocycles. The highest BCUT2D eigenvalue weighted by Crippen LogP contribution is 2.33. The van der Waals surface area contributed by atoms with Gasteiger partial charge in [0.25, 0.3) is 0 Å². The van der Waals surface area contributed by atoms with E-state index in [1.807, 2.05) is 0 Å². The van der Waals surface area contributed by atoms with E-state index in [0.29, 0.717) is 0 Å². The number of aromatic nitrogens is 4. The van der Waals surface area contributed by atoms with Crippen LogP contribution in [0.3, 0.4) is 0 Å². The first-order valence-electron chi connectivity index (χ1n) is 3.57. The molecule has 0 amide bonds. The molecular formula is C6H10F2N4. The van der Waals surface area contributed by atoms with Gasteiger partial charge in [0, 0.05) is 13.0 Å². The molecule has 4 nitrogen and oxygen atoms in total. The SMILES string of the molecule is CC(C)C(F)(F)c1nnnn1C. The molecule has 0 aliphatic carbocycles.